The highest BCUT2D eigenvalue weighted by Gasteiger charge is 2.19. The van der Waals surface area contributed by atoms with Gasteiger partial charge in [0.15, 0.2) is 11.5 Å². The molecular weight excluding hydrogens is 230 g/mol. The number of ether oxygens (including phenoxy) is 2. The van der Waals surface area contributed by atoms with Gasteiger partial charge in [-0.1, -0.05) is 0 Å². The molecular formula is C13H21N3O2. The van der Waals surface area contributed by atoms with E-state index < -0.39 is 0 Å². The van der Waals surface area contributed by atoms with E-state index in [1.807, 2.05) is 6.07 Å². The third kappa shape index (κ3) is 2.91. The van der Waals surface area contributed by atoms with E-state index in [0.717, 1.165) is 43.4 Å². The van der Waals surface area contributed by atoms with Crippen LogP contribution in [0.2, 0.25) is 0 Å². The van der Waals surface area contributed by atoms with Crippen molar-refractivity contribution in [3.05, 3.63) is 18.0 Å². The number of nitrogens with zero attached hydrogens (tertiary/aromatic N) is 2. The first-order valence-electron chi connectivity index (χ1n) is 6.26. The van der Waals surface area contributed by atoms with Crippen molar-refractivity contribution in [3.8, 4) is 11.5 Å². The Kier molecular flexibility index (Phi) is 4.38. The Bertz CT molecular complexity index is 398. The Hall–Kier alpha value is -1.33. The van der Waals surface area contributed by atoms with Gasteiger partial charge in [0, 0.05) is 44.5 Å². The second-order valence-corrected chi connectivity index (χ2v) is 4.58. The van der Waals surface area contributed by atoms with E-state index in [2.05, 4.69) is 22.1 Å². The topological polar surface area (TPSA) is 46.6 Å². The van der Waals surface area contributed by atoms with Crippen LogP contribution in [-0.4, -0.2) is 49.8 Å². The van der Waals surface area contributed by atoms with Crippen molar-refractivity contribution in [1.82, 2.24) is 15.2 Å². The molecule has 1 unspecified atom stereocenters. The molecule has 1 saturated heterocycles. The minimum atomic E-state index is 0.523. The number of methoxy groups -OCH3 is 2. The fourth-order valence-corrected chi connectivity index (χ4v) is 2.33. The van der Waals surface area contributed by atoms with E-state index in [-0.39, 0.29) is 0 Å². The SMILES string of the molecule is COc1ccnc(CN2CCNC(C)C2)c1OC. The summed E-state index contributed by atoms with van der Waals surface area (Å²) < 4.78 is 10.7. The van der Waals surface area contributed by atoms with Gasteiger partial charge in [0.05, 0.1) is 14.2 Å². The quantitative estimate of drug-likeness (QED) is 0.861. The highest BCUT2D eigenvalue weighted by atomic mass is 16.5. The molecule has 0 saturated carbocycles. The van der Waals surface area contributed by atoms with Crippen molar-refractivity contribution in [3.63, 3.8) is 0 Å². The maximum atomic E-state index is 5.41. The highest BCUT2D eigenvalue weighted by Crippen LogP contribution is 2.29. The van der Waals surface area contributed by atoms with E-state index in [1.165, 1.54) is 0 Å². The molecule has 0 spiro atoms. The van der Waals surface area contributed by atoms with Crippen LogP contribution in [-0.2, 0) is 6.54 Å². The first-order valence-corrected chi connectivity index (χ1v) is 6.26. The summed E-state index contributed by atoms with van der Waals surface area (Å²) in [6.45, 7) is 6.08. The van der Waals surface area contributed by atoms with E-state index in [0.29, 0.717) is 6.04 Å². The van der Waals surface area contributed by atoms with Gasteiger partial charge in [-0.05, 0) is 6.92 Å². The van der Waals surface area contributed by atoms with Crippen molar-refractivity contribution in [2.24, 2.45) is 0 Å². The van der Waals surface area contributed by atoms with Crippen LogP contribution >= 0.6 is 0 Å². The van der Waals surface area contributed by atoms with Crippen LogP contribution < -0.4 is 14.8 Å². The fraction of sp³-hybridized carbons (Fsp3) is 0.615. The molecule has 1 fully saturated rings. The summed E-state index contributed by atoms with van der Waals surface area (Å²) in [4.78, 5) is 6.79. The molecule has 1 N–H and O–H groups in total. The van der Waals surface area contributed by atoms with E-state index in [9.17, 15) is 0 Å². The van der Waals surface area contributed by atoms with Crippen molar-refractivity contribution < 1.29 is 9.47 Å². The predicted molar refractivity (Wildman–Crippen MR) is 70.1 cm³/mol. The Balaban J connectivity index is 2.12. The highest BCUT2D eigenvalue weighted by molar-refractivity contribution is 5.42. The Morgan fingerprint density at radius 2 is 2.28 bits per heavy atom. The molecule has 18 heavy (non-hydrogen) atoms. The van der Waals surface area contributed by atoms with Crippen LogP contribution in [0.3, 0.4) is 0 Å². The second-order valence-electron chi connectivity index (χ2n) is 4.58. The maximum absolute atomic E-state index is 5.41. The lowest BCUT2D eigenvalue weighted by atomic mass is 10.2. The smallest absolute Gasteiger partial charge is 0.183 e. The van der Waals surface area contributed by atoms with Crippen molar-refractivity contribution in [2.75, 3.05) is 33.9 Å². The molecule has 0 aromatic carbocycles. The molecule has 1 atom stereocenters. The number of nitrogens with one attached hydrogen (secondary N) is 1. The number of hydrogen-bond donors (Lipinski definition) is 1. The van der Waals surface area contributed by atoms with Crippen molar-refractivity contribution in [2.45, 2.75) is 19.5 Å². The number of aromatic nitrogens is 1. The van der Waals surface area contributed by atoms with Crippen LogP contribution in [0.25, 0.3) is 0 Å². The Morgan fingerprint density at radius 3 is 2.94 bits per heavy atom. The van der Waals surface area contributed by atoms with Gasteiger partial charge in [-0.15, -0.1) is 0 Å². The lowest BCUT2D eigenvalue weighted by molar-refractivity contribution is 0.194. The van der Waals surface area contributed by atoms with Gasteiger partial charge in [-0.25, -0.2) is 0 Å². The summed E-state index contributed by atoms with van der Waals surface area (Å²) in [5, 5.41) is 3.43. The zero-order valence-corrected chi connectivity index (χ0v) is 11.3. The molecule has 1 aromatic rings. The summed E-state index contributed by atoms with van der Waals surface area (Å²) in [7, 11) is 3.30. The summed E-state index contributed by atoms with van der Waals surface area (Å²) in [5.74, 6) is 1.48. The first-order chi connectivity index (χ1) is 8.74. The van der Waals surface area contributed by atoms with Gasteiger partial charge >= 0.3 is 0 Å². The molecule has 0 radical (unpaired) electrons. The molecule has 5 heteroatoms. The fourth-order valence-electron chi connectivity index (χ4n) is 2.33. The Morgan fingerprint density at radius 1 is 1.44 bits per heavy atom. The molecule has 5 nitrogen and oxygen atoms in total. The van der Waals surface area contributed by atoms with E-state index in [1.54, 1.807) is 20.4 Å². The molecule has 100 valence electrons. The zero-order chi connectivity index (χ0) is 13.0. The molecule has 2 heterocycles. The minimum absolute atomic E-state index is 0.523. The van der Waals surface area contributed by atoms with Gasteiger partial charge in [0.25, 0.3) is 0 Å². The van der Waals surface area contributed by atoms with Crippen LogP contribution in [0.5, 0.6) is 11.5 Å². The van der Waals surface area contributed by atoms with Crippen LogP contribution in [0.4, 0.5) is 0 Å². The third-order valence-electron chi connectivity index (χ3n) is 3.19. The predicted octanol–water partition coefficient (Wildman–Crippen LogP) is 0.892. The summed E-state index contributed by atoms with van der Waals surface area (Å²) in [6, 6.07) is 2.35. The number of hydrogen-bond acceptors (Lipinski definition) is 5. The van der Waals surface area contributed by atoms with Gasteiger partial charge in [-0.2, -0.15) is 0 Å². The third-order valence-corrected chi connectivity index (χ3v) is 3.19. The molecule has 1 aliphatic rings. The zero-order valence-electron chi connectivity index (χ0n) is 11.3. The number of rotatable bonds is 4. The van der Waals surface area contributed by atoms with Crippen LogP contribution in [0.15, 0.2) is 12.3 Å². The van der Waals surface area contributed by atoms with E-state index in [4.69, 9.17) is 9.47 Å². The van der Waals surface area contributed by atoms with Crippen LogP contribution in [0, 0.1) is 0 Å². The largest absolute Gasteiger partial charge is 0.493 e. The number of piperazine rings is 1. The molecule has 0 bridgehead atoms. The monoisotopic (exact) mass is 251 g/mol. The van der Waals surface area contributed by atoms with Gasteiger partial charge in [0.1, 0.15) is 5.69 Å². The average molecular weight is 251 g/mol. The standard InChI is InChI=1S/C13H21N3O2/c1-10-8-16(7-6-14-10)9-11-13(18-3)12(17-2)4-5-15-11/h4-5,10,14H,6-9H2,1-3H3. The summed E-state index contributed by atoms with van der Waals surface area (Å²) in [6.07, 6.45) is 1.77. The summed E-state index contributed by atoms with van der Waals surface area (Å²) >= 11 is 0. The first kappa shape index (κ1) is 13.1. The number of pyridine rings is 1. The Labute approximate surface area is 108 Å². The van der Waals surface area contributed by atoms with Crippen molar-refractivity contribution in [1.29, 1.82) is 0 Å². The van der Waals surface area contributed by atoms with Gasteiger partial charge in [0.2, 0.25) is 0 Å². The lowest BCUT2D eigenvalue weighted by Crippen LogP contribution is -2.48. The molecule has 1 aromatic heterocycles. The lowest BCUT2D eigenvalue weighted by Gasteiger charge is -2.31. The van der Waals surface area contributed by atoms with Gasteiger partial charge in [-0.3, -0.25) is 9.88 Å². The molecule has 1 aliphatic heterocycles. The van der Waals surface area contributed by atoms with Crippen LogP contribution in [0.1, 0.15) is 12.6 Å². The summed E-state index contributed by atoms with van der Waals surface area (Å²) in [5.41, 5.74) is 0.936. The molecule has 0 amide bonds. The molecule has 2 rings (SSSR count). The van der Waals surface area contributed by atoms with Gasteiger partial charge < -0.3 is 14.8 Å². The van der Waals surface area contributed by atoms with E-state index >= 15 is 0 Å². The maximum Gasteiger partial charge on any atom is 0.183 e. The minimum Gasteiger partial charge on any atom is -0.493 e. The average Bonchev–Trinajstić information content (AvgIpc) is 2.38. The normalized spacial score (nSPS) is 20.7. The van der Waals surface area contributed by atoms with Crippen molar-refractivity contribution >= 4 is 0 Å². The second kappa shape index (κ2) is 6.02. The molecule has 0 aliphatic carbocycles.